The molecule has 3 aromatic rings. The Morgan fingerprint density at radius 1 is 1.04 bits per heavy atom. The normalized spacial score (nSPS) is 10.5. The molecule has 0 saturated carbocycles. The molecule has 0 radical (unpaired) electrons. The highest BCUT2D eigenvalue weighted by atomic mass is 19.1. The van der Waals surface area contributed by atoms with Crippen molar-refractivity contribution in [2.75, 3.05) is 6.61 Å². The van der Waals surface area contributed by atoms with Crippen molar-refractivity contribution in [2.24, 2.45) is 0 Å². The Kier molecular flexibility index (Phi) is 5.14. The fourth-order valence-corrected chi connectivity index (χ4v) is 2.13. The zero-order valence-corrected chi connectivity index (χ0v) is 13.9. The molecule has 0 aliphatic heterocycles. The Balaban J connectivity index is 1.60. The van der Waals surface area contributed by atoms with Crippen molar-refractivity contribution >= 4 is 0 Å². The number of nitrogens with zero attached hydrogens (tertiary/aromatic N) is 1. The monoisotopic (exact) mass is 339 g/mol. The third-order valence-corrected chi connectivity index (χ3v) is 3.39. The van der Waals surface area contributed by atoms with Crippen molar-refractivity contribution in [3.05, 3.63) is 78.3 Å². The van der Waals surface area contributed by atoms with Gasteiger partial charge in [-0.2, -0.15) is 0 Å². The highest BCUT2D eigenvalue weighted by molar-refractivity contribution is 5.59. The molecule has 0 spiro atoms. The van der Waals surface area contributed by atoms with Crippen LogP contribution in [0.3, 0.4) is 0 Å². The van der Waals surface area contributed by atoms with Crippen LogP contribution in [0.4, 0.5) is 4.39 Å². The number of hydrogen-bond donors (Lipinski definition) is 0. The fourth-order valence-electron chi connectivity index (χ4n) is 2.13. The maximum Gasteiger partial charge on any atom is 0.174 e. The first-order valence-electron chi connectivity index (χ1n) is 7.82. The molecule has 0 unspecified atom stereocenters. The highest BCUT2D eigenvalue weighted by Gasteiger charge is 2.08. The molecule has 4 nitrogen and oxygen atoms in total. The molecule has 1 aromatic heterocycles. The fraction of sp³-hybridized carbons (Fsp3) is 0.150. The Morgan fingerprint density at radius 2 is 1.68 bits per heavy atom. The minimum Gasteiger partial charge on any atom is -0.489 e. The van der Waals surface area contributed by atoms with Gasteiger partial charge in [0.1, 0.15) is 36.2 Å². The SMILES string of the molecule is C=C(C)COc1ccc(-c2cc(COc3ccc(F)cc3)on2)cc1. The lowest BCUT2D eigenvalue weighted by Crippen LogP contribution is -1.97. The lowest BCUT2D eigenvalue weighted by Gasteiger charge is -2.05. The van der Waals surface area contributed by atoms with Crippen LogP contribution in [-0.4, -0.2) is 11.8 Å². The Morgan fingerprint density at radius 3 is 2.36 bits per heavy atom. The van der Waals surface area contributed by atoms with E-state index in [-0.39, 0.29) is 12.4 Å². The predicted molar refractivity (Wildman–Crippen MR) is 93.0 cm³/mol. The summed E-state index contributed by atoms with van der Waals surface area (Å²) in [6.45, 7) is 6.43. The van der Waals surface area contributed by atoms with E-state index >= 15 is 0 Å². The van der Waals surface area contributed by atoms with Crippen LogP contribution < -0.4 is 9.47 Å². The molecule has 2 aromatic carbocycles. The van der Waals surface area contributed by atoms with Gasteiger partial charge in [-0.1, -0.05) is 11.7 Å². The first-order valence-corrected chi connectivity index (χ1v) is 7.82. The van der Waals surface area contributed by atoms with Crippen LogP contribution in [0.1, 0.15) is 12.7 Å². The van der Waals surface area contributed by atoms with E-state index in [1.165, 1.54) is 12.1 Å². The Labute approximate surface area is 145 Å². The molecule has 0 amide bonds. The second-order valence-corrected chi connectivity index (χ2v) is 5.69. The number of halogens is 1. The largest absolute Gasteiger partial charge is 0.489 e. The van der Waals surface area contributed by atoms with Crippen LogP contribution in [0, 0.1) is 5.82 Å². The Bertz CT molecular complexity index is 838. The van der Waals surface area contributed by atoms with Gasteiger partial charge in [-0.3, -0.25) is 0 Å². The zero-order chi connectivity index (χ0) is 17.6. The van der Waals surface area contributed by atoms with Gasteiger partial charge in [-0.15, -0.1) is 0 Å². The average Bonchev–Trinajstić information content (AvgIpc) is 3.09. The molecule has 0 N–H and O–H groups in total. The summed E-state index contributed by atoms with van der Waals surface area (Å²) in [4.78, 5) is 0. The number of aromatic nitrogens is 1. The van der Waals surface area contributed by atoms with Crippen LogP contribution in [0.5, 0.6) is 11.5 Å². The van der Waals surface area contributed by atoms with E-state index in [4.69, 9.17) is 14.0 Å². The molecule has 0 fully saturated rings. The highest BCUT2D eigenvalue weighted by Crippen LogP contribution is 2.23. The van der Waals surface area contributed by atoms with Crippen molar-refractivity contribution in [1.29, 1.82) is 0 Å². The quantitative estimate of drug-likeness (QED) is 0.567. The van der Waals surface area contributed by atoms with Gasteiger partial charge in [-0.25, -0.2) is 4.39 Å². The molecule has 25 heavy (non-hydrogen) atoms. The van der Waals surface area contributed by atoms with Gasteiger partial charge in [0.25, 0.3) is 0 Å². The Hall–Kier alpha value is -3.08. The summed E-state index contributed by atoms with van der Waals surface area (Å²) in [5.41, 5.74) is 2.59. The molecule has 1 heterocycles. The lowest BCUT2D eigenvalue weighted by molar-refractivity contribution is 0.249. The van der Waals surface area contributed by atoms with E-state index in [1.807, 2.05) is 37.3 Å². The third-order valence-electron chi connectivity index (χ3n) is 3.39. The first kappa shape index (κ1) is 16.8. The van der Waals surface area contributed by atoms with E-state index in [2.05, 4.69) is 11.7 Å². The summed E-state index contributed by atoms with van der Waals surface area (Å²) in [7, 11) is 0. The molecule has 0 aliphatic carbocycles. The minimum absolute atomic E-state index is 0.221. The second-order valence-electron chi connectivity index (χ2n) is 5.69. The molecule has 0 aliphatic rings. The first-order chi connectivity index (χ1) is 12.1. The maximum atomic E-state index is 12.9. The van der Waals surface area contributed by atoms with E-state index in [9.17, 15) is 4.39 Å². The third kappa shape index (κ3) is 4.70. The average molecular weight is 339 g/mol. The number of ether oxygens (including phenoxy) is 2. The van der Waals surface area contributed by atoms with Crippen molar-refractivity contribution in [2.45, 2.75) is 13.5 Å². The van der Waals surface area contributed by atoms with Gasteiger partial charge in [0.15, 0.2) is 5.76 Å². The summed E-state index contributed by atoms with van der Waals surface area (Å²) in [6.07, 6.45) is 0. The van der Waals surface area contributed by atoms with Gasteiger partial charge in [0, 0.05) is 11.6 Å². The van der Waals surface area contributed by atoms with Crippen LogP contribution in [0.2, 0.25) is 0 Å². The molecular weight excluding hydrogens is 321 g/mol. The number of rotatable bonds is 7. The van der Waals surface area contributed by atoms with Crippen LogP contribution in [0.25, 0.3) is 11.3 Å². The van der Waals surface area contributed by atoms with Crippen molar-refractivity contribution < 1.29 is 18.4 Å². The van der Waals surface area contributed by atoms with E-state index < -0.39 is 0 Å². The van der Waals surface area contributed by atoms with E-state index in [1.54, 1.807) is 12.1 Å². The predicted octanol–water partition coefficient (Wildman–Crippen LogP) is 5.01. The van der Waals surface area contributed by atoms with Crippen LogP contribution in [-0.2, 0) is 6.61 Å². The van der Waals surface area contributed by atoms with Crippen molar-refractivity contribution in [1.82, 2.24) is 5.16 Å². The molecule has 128 valence electrons. The summed E-state index contributed by atoms with van der Waals surface area (Å²) >= 11 is 0. The van der Waals surface area contributed by atoms with Crippen molar-refractivity contribution in [3.8, 4) is 22.8 Å². The molecule has 0 saturated heterocycles. The molecule has 3 rings (SSSR count). The van der Waals surface area contributed by atoms with Gasteiger partial charge in [-0.05, 0) is 61.0 Å². The lowest BCUT2D eigenvalue weighted by atomic mass is 10.1. The van der Waals surface area contributed by atoms with Gasteiger partial charge in [0.05, 0.1) is 0 Å². The summed E-state index contributed by atoms with van der Waals surface area (Å²) in [5, 5.41) is 4.05. The standard InChI is InChI=1S/C20H18FNO3/c1-14(2)12-23-17-7-3-15(4-8-17)20-11-19(25-22-20)13-24-18-9-5-16(21)6-10-18/h3-11H,1,12-13H2,2H3. The number of hydrogen-bond acceptors (Lipinski definition) is 4. The van der Waals surface area contributed by atoms with Crippen molar-refractivity contribution in [3.63, 3.8) is 0 Å². The topological polar surface area (TPSA) is 44.5 Å². The van der Waals surface area contributed by atoms with Crippen LogP contribution >= 0.6 is 0 Å². The molecule has 5 heteroatoms. The maximum absolute atomic E-state index is 12.9. The van der Waals surface area contributed by atoms with Crippen LogP contribution in [0.15, 0.2) is 71.3 Å². The zero-order valence-electron chi connectivity index (χ0n) is 13.9. The summed E-state index contributed by atoms with van der Waals surface area (Å²) in [6, 6.07) is 15.2. The molecular formula is C20H18FNO3. The summed E-state index contributed by atoms with van der Waals surface area (Å²) < 4.78 is 29.3. The number of benzene rings is 2. The van der Waals surface area contributed by atoms with E-state index in [0.717, 1.165) is 16.9 Å². The van der Waals surface area contributed by atoms with Gasteiger partial charge >= 0.3 is 0 Å². The van der Waals surface area contributed by atoms with Gasteiger partial charge < -0.3 is 14.0 Å². The molecule has 0 bridgehead atoms. The van der Waals surface area contributed by atoms with Gasteiger partial charge in [0.2, 0.25) is 0 Å². The molecule has 0 atom stereocenters. The minimum atomic E-state index is -0.301. The second kappa shape index (κ2) is 7.66. The smallest absolute Gasteiger partial charge is 0.174 e. The summed E-state index contributed by atoms with van der Waals surface area (Å²) in [5.74, 6) is 1.63. The van der Waals surface area contributed by atoms with E-state index in [0.29, 0.717) is 23.8 Å².